The highest BCUT2D eigenvalue weighted by atomic mass is 35.5. The maximum Gasteiger partial charge on any atom is 0.200 e. The molecular formula is C17H10ClNOS. The van der Waals surface area contributed by atoms with Crippen molar-refractivity contribution in [1.29, 1.82) is 0 Å². The molecule has 0 radical (unpaired) electrons. The molecule has 1 N–H and O–H groups in total. The number of hydrogen-bond acceptors (Lipinski definition) is 2. The topological polar surface area (TPSA) is 32.9 Å². The second-order valence-corrected chi connectivity index (χ2v) is 6.39. The highest BCUT2D eigenvalue weighted by Crippen LogP contribution is 2.42. The number of halogens is 1. The molecule has 2 heterocycles. The van der Waals surface area contributed by atoms with E-state index < -0.39 is 0 Å². The van der Waals surface area contributed by atoms with Gasteiger partial charge < -0.3 is 4.98 Å². The second-order valence-electron chi connectivity index (χ2n) is 4.87. The minimum atomic E-state index is 0.0442. The first-order chi connectivity index (χ1) is 10.2. The zero-order valence-corrected chi connectivity index (χ0v) is 12.5. The molecule has 0 saturated heterocycles. The van der Waals surface area contributed by atoms with E-state index in [9.17, 15) is 4.79 Å². The Balaban J connectivity index is 1.80. The number of para-hydroxylation sites is 1. The number of H-pyrrole nitrogens is 1. The molecule has 21 heavy (non-hydrogen) atoms. The fraction of sp³-hybridized carbons (Fsp3) is 0. The first-order valence-corrected chi connectivity index (χ1v) is 7.72. The van der Waals surface area contributed by atoms with Crippen molar-refractivity contribution >= 4 is 46.1 Å². The minimum Gasteiger partial charge on any atom is -0.361 e. The van der Waals surface area contributed by atoms with Crippen LogP contribution in [-0.4, -0.2) is 10.8 Å². The summed E-state index contributed by atoms with van der Waals surface area (Å²) >= 11 is 7.47. The van der Waals surface area contributed by atoms with Crippen LogP contribution in [-0.2, 0) is 0 Å². The second kappa shape index (κ2) is 4.79. The van der Waals surface area contributed by atoms with E-state index in [4.69, 9.17) is 11.6 Å². The highest BCUT2D eigenvalue weighted by molar-refractivity contribution is 8.04. The van der Waals surface area contributed by atoms with Gasteiger partial charge in [0.05, 0.1) is 4.91 Å². The number of allylic oxidation sites excluding steroid dienone is 1. The van der Waals surface area contributed by atoms with Crippen molar-refractivity contribution in [2.75, 3.05) is 0 Å². The number of nitrogens with one attached hydrogen (secondary N) is 1. The maximum atomic E-state index is 12.5. The van der Waals surface area contributed by atoms with E-state index >= 15 is 0 Å². The standard InChI is InChI=1S/C17H10ClNOS/c18-11-5-6-15-13(8-11)17(20)16(21-15)7-10-9-19-14-4-2-1-3-12(10)14/h1-9,19H. The molecule has 1 aliphatic rings. The van der Waals surface area contributed by atoms with Gasteiger partial charge in [0.15, 0.2) is 0 Å². The summed E-state index contributed by atoms with van der Waals surface area (Å²) in [5, 5.41) is 1.71. The van der Waals surface area contributed by atoms with Crippen molar-refractivity contribution in [2.45, 2.75) is 4.90 Å². The molecule has 102 valence electrons. The molecule has 3 aromatic rings. The summed E-state index contributed by atoms with van der Waals surface area (Å²) in [6, 6.07) is 13.5. The number of fused-ring (bicyclic) bond motifs is 2. The van der Waals surface area contributed by atoms with Crippen LogP contribution in [0, 0.1) is 0 Å². The van der Waals surface area contributed by atoms with Gasteiger partial charge in [-0.15, -0.1) is 0 Å². The lowest BCUT2D eigenvalue weighted by atomic mass is 10.1. The van der Waals surface area contributed by atoms with Crippen molar-refractivity contribution in [2.24, 2.45) is 0 Å². The molecule has 0 amide bonds. The molecule has 4 heteroatoms. The average molecular weight is 312 g/mol. The van der Waals surface area contributed by atoms with Gasteiger partial charge in [-0.1, -0.05) is 41.6 Å². The molecular weight excluding hydrogens is 302 g/mol. The van der Waals surface area contributed by atoms with Gasteiger partial charge in [-0.2, -0.15) is 0 Å². The van der Waals surface area contributed by atoms with Gasteiger partial charge in [-0.3, -0.25) is 4.79 Å². The maximum absolute atomic E-state index is 12.5. The monoisotopic (exact) mass is 311 g/mol. The largest absolute Gasteiger partial charge is 0.361 e. The number of aromatic amines is 1. The van der Waals surface area contributed by atoms with Crippen molar-refractivity contribution in [3.63, 3.8) is 0 Å². The van der Waals surface area contributed by atoms with Gasteiger partial charge in [-0.25, -0.2) is 0 Å². The van der Waals surface area contributed by atoms with Gasteiger partial charge in [0, 0.05) is 38.1 Å². The smallest absolute Gasteiger partial charge is 0.200 e. The fourth-order valence-corrected chi connectivity index (χ4v) is 3.71. The molecule has 0 saturated carbocycles. The SMILES string of the molecule is O=C1C(=Cc2c[nH]c3ccccc23)Sc2ccc(Cl)cc21. The lowest BCUT2D eigenvalue weighted by Crippen LogP contribution is -1.93. The zero-order chi connectivity index (χ0) is 14.4. The Labute approximate surface area is 130 Å². The molecule has 2 nitrogen and oxygen atoms in total. The summed E-state index contributed by atoms with van der Waals surface area (Å²) < 4.78 is 0. The lowest BCUT2D eigenvalue weighted by Gasteiger charge is -1.94. The van der Waals surface area contributed by atoms with Crippen LogP contribution in [0.15, 0.2) is 58.5 Å². The summed E-state index contributed by atoms with van der Waals surface area (Å²) in [7, 11) is 0. The number of ketones is 1. The van der Waals surface area contributed by atoms with Gasteiger partial charge in [-0.05, 0) is 30.3 Å². The van der Waals surface area contributed by atoms with E-state index in [2.05, 4.69) is 4.98 Å². The van der Waals surface area contributed by atoms with E-state index in [1.54, 1.807) is 6.07 Å². The van der Waals surface area contributed by atoms with Crippen LogP contribution in [0.4, 0.5) is 0 Å². The van der Waals surface area contributed by atoms with E-state index in [0.29, 0.717) is 10.6 Å². The number of benzene rings is 2. The summed E-state index contributed by atoms with van der Waals surface area (Å²) in [6.07, 6.45) is 3.88. The minimum absolute atomic E-state index is 0.0442. The zero-order valence-electron chi connectivity index (χ0n) is 10.9. The number of Topliss-reactive ketones (excluding diaryl/α,β-unsaturated/α-hetero) is 1. The third kappa shape index (κ3) is 2.09. The molecule has 1 aromatic heterocycles. The Bertz CT molecular complexity index is 910. The van der Waals surface area contributed by atoms with Gasteiger partial charge in [0.2, 0.25) is 5.78 Å². The third-order valence-electron chi connectivity index (χ3n) is 3.54. The molecule has 0 unspecified atom stereocenters. The quantitative estimate of drug-likeness (QED) is 0.630. The number of carbonyl (C=O) groups is 1. The average Bonchev–Trinajstić information content (AvgIpc) is 3.03. The van der Waals surface area contributed by atoms with Crippen molar-refractivity contribution in [3.8, 4) is 0 Å². The molecule has 0 aliphatic carbocycles. The van der Waals surface area contributed by atoms with Crippen molar-refractivity contribution in [3.05, 3.63) is 69.7 Å². The van der Waals surface area contributed by atoms with Gasteiger partial charge in [0.25, 0.3) is 0 Å². The lowest BCUT2D eigenvalue weighted by molar-refractivity contribution is 0.104. The molecule has 0 bridgehead atoms. The molecule has 2 aromatic carbocycles. The van der Waals surface area contributed by atoms with Crippen LogP contribution in [0.5, 0.6) is 0 Å². The Morgan fingerprint density at radius 3 is 2.90 bits per heavy atom. The Kier molecular flexibility index (Phi) is 2.91. The predicted octanol–water partition coefficient (Wildman–Crippen LogP) is 5.15. The van der Waals surface area contributed by atoms with Crippen LogP contribution in [0.25, 0.3) is 17.0 Å². The van der Waals surface area contributed by atoms with Crippen molar-refractivity contribution < 1.29 is 4.79 Å². The molecule has 1 aliphatic heterocycles. The summed E-state index contributed by atoms with van der Waals surface area (Å²) in [5.74, 6) is 0.0442. The van der Waals surface area contributed by atoms with E-state index in [0.717, 1.165) is 26.3 Å². The Morgan fingerprint density at radius 2 is 2.00 bits per heavy atom. The Morgan fingerprint density at radius 1 is 1.14 bits per heavy atom. The first-order valence-electron chi connectivity index (χ1n) is 6.52. The normalized spacial score (nSPS) is 15.9. The van der Waals surface area contributed by atoms with Crippen LogP contribution < -0.4 is 0 Å². The number of rotatable bonds is 1. The van der Waals surface area contributed by atoms with Crippen LogP contribution in [0.2, 0.25) is 5.02 Å². The van der Waals surface area contributed by atoms with Gasteiger partial charge >= 0.3 is 0 Å². The van der Waals surface area contributed by atoms with Crippen LogP contribution in [0.3, 0.4) is 0 Å². The molecule has 4 rings (SSSR count). The van der Waals surface area contributed by atoms with Crippen LogP contribution in [0.1, 0.15) is 15.9 Å². The van der Waals surface area contributed by atoms with Gasteiger partial charge in [0.1, 0.15) is 0 Å². The van der Waals surface area contributed by atoms with Crippen LogP contribution >= 0.6 is 23.4 Å². The highest BCUT2D eigenvalue weighted by Gasteiger charge is 2.26. The van der Waals surface area contributed by atoms with E-state index in [1.165, 1.54) is 11.8 Å². The fourth-order valence-electron chi connectivity index (χ4n) is 2.52. The number of thioether (sulfide) groups is 1. The molecule has 0 spiro atoms. The molecule has 0 fully saturated rings. The third-order valence-corrected chi connectivity index (χ3v) is 4.87. The number of carbonyl (C=O) groups excluding carboxylic acids is 1. The Hall–Kier alpha value is -1.97. The van der Waals surface area contributed by atoms with Crippen molar-refractivity contribution in [1.82, 2.24) is 4.98 Å². The summed E-state index contributed by atoms with van der Waals surface area (Å²) in [5.41, 5.74) is 2.79. The number of aromatic nitrogens is 1. The summed E-state index contributed by atoms with van der Waals surface area (Å²) in [4.78, 5) is 17.4. The molecule has 0 atom stereocenters. The predicted molar refractivity (Wildman–Crippen MR) is 87.9 cm³/mol. The summed E-state index contributed by atoms with van der Waals surface area (Å²) in [6.45, 7) is 0. The van der Waals surface area contributed by atoms with E-state index in [-0.39, 0.29) is 5.78 Å². The van der Waals surface area contributed by atoms with E-state index in [1.807, 2.05) is 48.7 Å². The first kappa shape index (κ1) is 12.7. The number of hydrogen-bond donors (Lipinski definition) is 1.